The molecule has 2 aromatic rings. The molecule has 0 aliphatic rings. The molecule has 0 bridgehead atoms. The Hall–Kier alpha value is -2.43. The zero-order chi connectivity index (χ0) is 46.1. The highest BCUT2D eigenvalue weighted by molar-refractivity contribution is 7.47. The average molecular weight is 908 g/mol. The van der Waals surface area contributed by atoms with Gasteiger partial charge in [0.25, 0.3) is 0 Å². The topological polar surface area (TPSA) is 161 Å². The van der Waals surface area contributed by atoms with Crippen molar-refractivity contribution in [2.45, 2.75) is 240 Å². The van der Waals surface area contributed by atoms with Gasteiger partial charge in [-0.3, -0.25) is 18.6 Å². The third-order valence-corrected chi connectivity index (χ3v) is 13.4. The maximum absolute atomic E-state index is 12.7. The molecule has 2 atom stereocenters. The highest BCUT2D eigenvalue weighted by Gasteiger charge is 2.26. The van der Waals surface area contributed by atoms with Crippen LogP contribution in [0.4, 0.5) is 0 Å². The summed E-state index contributed by atoms with van der Waals surface area (Å²) in [6, 6.07) is 0. The molecule has 2 aromatic heterocycles. The molecule has 1 unspecified atom stereocenters. The number of hydrogen-bond donors (Lipinski definition) is 2. The quantitative estimate of drug-likeness (QED) is 0.0371. The molecular formula is C51H90NO10P. The summed E-state index contributed by atoms with van der Waals surface area (Å²) in [5.41, 5.74) is 10.7. The average Bonchev–Trinajstić information content (AvgIpc) is 3.69. The van der Waals surface area contributed by atoms with Gasteiger partial charge in [0.2, 0.25) is 0 Å². The van der Waals surface area contributed by atoms with Crippen molar-refractivity contribution in [1.82, 2.24) is 0 Å². The lowest BCUT2D eigenvalue weighted by Crippen LogP contribution is -2.29. The van der Waals surface area contributed by atoms with Gasteiger partial charge in [0.15, 0.2) is 6.10 Å². The summed E-state index contributed by atoms with van der Waals surface area (Å²) in [4.78, 5) is 35.2. The van der Waals surface area contributed by atoms with Crippen molar-refractivity contribution < 1.29 is 46.4 Å². The number of unbranched alkanes of at least 4 members (excludes halogenated alkanes) is 20. The first-order valence-corrected chi connectivity index (χ1v) is 26.7. The molecule has 2 heterocycles. The second-order valence-corrected chi connectivity index (χ2v) is 19.3. The Morgan fingerprint density at radius 2 is 0.873 bits per heavy atom. The molecule has 3 N–H and O–H groups in total. The maximum Gasteiger partial charge on any atom is 0.472 e. The van der Waals surface area contributed by atoms with Crippen LogP contribution in [0.25, 0.3) is 0 Å². The second-order valence-electron chi connectivity index (χ2n) is 17.9. The molecule has 364 valence electrons. The summed E-state index contributed by atoms with van der Waals surface area (Å²) in [6.45, 7) is 12.4. The Balaban J connectivity index is 1.56. The maximum atomic E-state index is 12.7. The SMILES string of the molecule is CCCCCc1oc(CCCCCCCCCCCCC(=O)OC[C@H](COP(=O)(O)OCCN)OC(=O)CCCCCCCCCCc2oc(CCCCC)c(C)c2C)c(C)c1C. The van der Waals surface area contributed by atoms with Crippen LogP contribution in [-0.4, -0.2) is 49.3 Å². The molecule has 11 nitrogen and oxygen atoms in total. The van der Waals surface area contributed by atoms with E-state index in [0.29, 0.717) is 6.42 Å². The number of esters is 2. The number of phosphoric acid groups is 1. The van der Waals surface area contributed by atoms with E-state index in [0.717, 1.165) is 89.2 Å². The summed E-state index contributed by atoms with van der Waals surface area (Å²) in [7, 11) is -4.40. The van der Waals surface area contributed by atoms with Gasteiger partial charge in [-0.15, -0.1) is 0 Å². The van der Waals surface area contributed by atoms with Crippen LogP contribution in [0.1, 0.15) is 226 Å². The number of hydrogen-bond acceptors (Lipinski definition) is 10. The molecule has 0 radical (unpaired) electrons. The van der Waals surface area contributed by atoms with Crippen LogP contribution in [-0.2, 0) is 58.4 Å². The summed E-state index contributed by atoms with van der Waals surface area (Å²) < 4.78 is 45.5. The van der Waals surface area contributed by atoms with Gasteiger partial charge < -0.3 is 28.9 Å². The van der Waals surface area contributed by atoms with Gasteiger partial charge in [-0.2, -0.15) is 0 Å². The van der Waals surface area contributed by atoms with Gasteiger partial charge in [0.05, 0.1) is 13.2 Å². The number of aryl methyl sites for hydroxylation is 4. The van der Waals surface area contributed by atoms with E-state index in [-0.39, 0.29) is 32.6 Å². The monoisotopic (exact) mass is 908 g/mol. The number of ether oxygens (including phenoxy) is 2. The van der Waals surface area contributed by atoms with Crippen molar-refractivity contribution in [3.63, 3.8) is 0 Å². The second kappa shape index (κ2) is 34.9. The van der Waals surface area contributed by atoms with E-state index < -0.39 is 32.5 Å². The molecule has 0 fully saturated rings. The van der Waals surface area contributed by atoms with Crippen molar-refractivity contribution >= 4 is 19.8 Å². The first-order valence-electron chi connectivity index (χ1n) is 25.2. The van der Waals surface area contributed by atoms with Crippen LogP contribution in [0.15, 0.2) is 8.83 Å². The molecule has 2 rings (SSSR count). The van der Waals surface area contributed by atoms with Crippen molar-refractivity contribution in [1.29, 1.82) is 0 Å². The molecule has 63 heavy (non-hydrogen) atoms. The van der Waals surface area contributed by atoms with Crippen LogP contribution in [0.5, 0.6) is 0 Å². The van der Waals surface area contributed by atoms with E-state index >= 15 is 0 Å². The van der Waals surface area contributed by atoms with E-state index in [9.17, 15) is 19.0 Å². The lowest BCUT2D eigenvalue weighted by Gasteiger charge is -2.19. The minimum Gasteiger partial charge on any atom is -0.466 e. The van der Waals surface area contributed by atoms with Crippen molar-refractivity contribution in [3.8, 4) is 0 Å². The predicted octanol–water partition coefficient (Wildman–Crippen LogP) is 13.7. The fourth-order valence-electron chi connectivity index (χ4n) is 8.05. The van der Waals surface area contributed by atoms with Crippen molar-refractivity contribution in [2.75, 3.05) is 26.4 Å². The van der Waals surface area contributed by atoms with Gasteiger partial charge in [0.1, 0.15) is 29.6 Å². The molecule has 0 spiro atoms. The normalized spacial score (nSPS) is 13.1. The van der Waals surface area contributed by atoms with Gasteiger partial charge >= 0.3 is 19.8 Å². The van der Waals surface area contributed by atoms with E-state index in [2.05, 4.69) is 41.5 Å². The number of carbonyl (C=O) groups is 2. The molecule has 0 amide bonds. The molecular weight excluding hydrogens is 818 g/mol. The number of nitrogens with two attached hydrogens (primary N) is 1. The van der Waals surface area contributed by atoms with Crippen molar-refractivity contribution in [3.05, 3.63) is 45.3 Å². The van der Waals surface area contributed by atoms with Gasteiger partial charge in [0, 0.05) is 45.1 Å². The fourth-order valence-corrected chi connectivity index (χ4v) is 8.82. The third-order valence-electron chi connectivity index (χ3n) is 12.4. The fraction of sp³-hybridized carbons (Fsp3) is 0.804. The summed E-state index contributed by atoms with van der Waals surface area (Å²) >= 11 is 0. The highest BCUT2D eigenvalue weighted by Crippen LogP contribution is 2.43. The first-order chi connectivity index (χ1) is 30.4. The number of furan rings is 2. The van der Waals surface area contributed by atoms with E-state index in [1.807, 2.05) is 0 Å². The molecule has 0 aromatic carbocycles. The highest BCUT2D eigenvalue weighted by atomic mass is 31.2. The minimum absolute atomic E-state index is 0.0441. The van der Waals surface area contributed by atoms with Gasteiger partial charge in [-0.05, 0) is 88.5 Å². The number of phosphoric ester groups is 1. The Labute approximate surface area is 382 Å². The van der Waals surface area contributed by atoms with Crippen LogP contribution >= 0.6 is 7.82 Å². The Kier molecular flexibility index (Phi) is 31.4. The van der Waals surface area contributed by atoms with Crippen LogP contribution in [0.3, 0.4) is 0 Å². The van der Waals surface area contributed by atoms with Crippen LogP contribution in [0, 0.1) is 27.7 Å². The Morgan fingerprint density at radius 3 is 1.25 bits per heavy atom. The van der Waals surface area contributed by atoms with Gasteiger partial charge in [-0.25, -0.2) is 4.57 Å². The van der Waals surface area contributed by atoms with Crippen LogP contribution < -0.4 is 5.73 Å². The number of rotatable bonds is 41. The molecule has 12 heteroatoms. The Bertz CT molecular complexity index is 1550. The predicted molar refractivity (Wildman–Crippen MR) is 254 cm³/mol. The van der Waals surface area contributed by atoms with Crippen LogP contribution in [0.2, 0.25) is 0 Å². The molecule has 0 aliphatic carbocycles. The smallest absolute Gasteiger partial charge is 0.466 e. The Morgan fingerprint density at radius 1 is 0.524 bits per heavy atom. The molecule has 0 saturated heterocycles. The first kappa shape index (κ1) is 56.7. The minimum atomic E-state index is -4.40. The zero-order valence-electron chi connectivity index (χ0n) is 40.8. The van der Waals surface area contributed by atoms with Gasteiger partial charge in [-0.1, -0.05) is 129 Å². The lowest BCUT2D eigenvalue weighted by atomic mass is 10.0. The third kappa shape index (κ3) is 25.7. The summed E-state index contributed by atoms with van der Waals surface area (Å²) in [6.07, 6.45) is 30.5. The summed E-state index contributed by atoms with van der Waals surface area (Å²) in [5, 5.41) is 0. The van der Waals surface area contributed by atoms with E-state index in [4.69, 9.17) is 33.1 Å². The molecule has 0 aliphatic heterocycles. The summed E-state index contributed by atoms with van der Waals surface area (Å²) in [5.74, 6) is 3.85. The number of carbonyl (C=O) groups excluding carboxylic acids is 2. The van der Waals surface area contributed by atoms with E-state index in [1.165, 1.54) is 129 Å². The lowest BCUT2D eigenvalue weighted by molar-refractivity contribution is -0.161. The zero-order valence-corrected chi connectivity index (χ0v) is 41.7. The molecule has 0 saturated carbocycles. The van der Waals surface area contributed by atoms with E-state index in [1.54, 1.807) is 0 Å². The largest absolute Gasteiger partial charge is 0.472 e. The van der Waals surface area contributed by atoms with Crippen molar-refractivity contribution in [2.24, 2.45) is 5.73 Å². The standard InChI is InChI=1S/C51H90NO10P/c1-7-9-25-31-46-41(3)43(5)48(61-46)33-27-21-17-13-11-12-14-19-23-29-35-50(53)57-39-45(40-59-63(55,56)58-38-37-52)60-51(54)36-30-24-20-16-15-18-22-28-34-49-44(6)42(4)47(62-49)32-26-10-8-2/h45H,7-40,52H2,1-6H3,(H,55,56)/t45-/m1/s1.